The fraction of sp³-hybridized carbons (Fsp3) is 0.714. The molecule has 3 heteroatoms. The Balaban J connectivity index is 1.99. The van der Waals surface area contributed by atoms with Crippen LogP contribution in [0.15, 0.2) is 16.7 Å². The van der Waals surface area contributed by atoms with Gasteiger partial charge in [-0.25, -0.2) is 0 Å². The second-order valence-corrected chi connectivity index (χ2v) is 4.90. The van der Waals surface area contributed by atoms with E-state index in [0.717, 1.165) is 31.4 Å². The van der Waals surface area contributed by atoms with Crippen LogP contribution in [0.25, 0.3) is 0 Å². The smallest absolute Gasteiger partial charge is 0.122 e. The van der Waals surface area contributed by atoms with E-state index in [0.29, 0.717) is 0 Å². The van der Waals surface area contributed by atoms with E-state index in [1.165, 1.54) is 31.2 Å². The van der Waals surface area contributed by atoms with Crippen molar-refractivity contribution in [1.29, 1.82) is 0 Å². The Morgan fingerprint density at radius 1 is 1.41 bits per heavy atom. The highest BCUT2D eigenvalue weighted by molar-refractivity contribution is 5.17. The van der Waals surface area contributed by atoms with Crippen molar-refractivity contribution in [2.24, 2.45) is 0 Å². The largest absolute Gasteiger partial charge is 0.468 e. The van der Waals surface area contributed by atoms with Gasteiger partial charge in [-0.15, -0.1) is 0 Å². The van der Waals surface area contributed by atoms with Gasteiger partial charge in [0.15, 0.2) is 0 Å². The van der Waals surface area contributed by atoms with Crippen molar-refractivity contribution >= 4 is 0 Å². The van der Waals surface area contributed by atoms with Crippen LogP contribution >= 0.6 is 0 Å². The van der Waals surface area contributed by atoms with E-state index in [9.17, 15) is 0 Å². The Morgan fingerprint density at radius 3 is 2.82 bits per heavy atom. The summed E-state index contributed by atoms with van der Waals surface area (Å²) in [6.45, 7) is 5.25. The quantitative estimate of drug-likeness (QED) is 0.823. The molecular weight excluding hydrogens is 212 g/mol. The van der Waals surface area contributed by atoms with Gasteiger partial charge in [-0.05, 0) is 32.5 Å². The van der Waals surface area contributed by atoms with Crippen LogP contribution in [0.2, 0.25) is 0 Å². The summed E-state index contributed by atoms with van der Waals surface area (Å²) in [5.41, 5.74) is 1.34. The summed E-state index contributed by atoms with van der Waals surface area (Å²) in [5, 5.41) is 3.16. The third-order valence-electron chi connectivity index (χ3n) is 3.80. The van der Waals surface area contributed by atoms with Crippen molar-refractivity contribution in [3.8, 4) is 0 Å². The van der Waals surface area contributed by atoms with Gasteiger partial charge in [-0.2, -0.15) is 0 Å². The summed E-state index contributed by atoms with van der Waals surface area (Å²) in [7, 11) is 1.96. The van der Waals surface area contributed by atoms with Crippen LogP contribution in [-0.2, 0) is 13.1 Å². The molecule has 0 spiro atoms. The Kier molecular flexibility index (Phi) is 4.63. The monoisotopic (exact) mass is 236 g/mol. The van der Waals surface area contributed by atoms with Gasteiger partial charge in [0.25, 0.3) is 0 Å². The second kappa shape index (κ2) is 6.22. The Bertz CT molecular complexity index is 329. The molecule has 3 nitrogen and oxygen atoms in total. The lowest BCUT2D eigenvalue weighted by atomic mass is 10.1. The van der Waals surface area contributed by atoms with Gasteiger partial charge in [-0.3, -0.25) is 4.90 Å². The van der Waals surface area contributed by atoms with Crippen molar-refractivity contribution in [3.63, 3.8) is 0 Å². The summed E-state index contributed by atoms with van der Waals surface area (Å²) in [5.74, 6) is 1.09. The molecule has 17 heavy (non-hydrogen) atoms. The number of hydrogen-bond donors (Lipinski definition) is 1. The first-order chi connectivity index (χ1) is 8.35. The van der Waals surface area contributed by atoms with Gasteiger partial charge in [0.2, 0.25) is 0 Å². The van der Waals surface area contributed by atoms with Crippen LogP contribution in [0, 0.1) is 0 Å². The molecule has 1 fully saturated rings. The average molecular weight is 236 g/mol. The van der Waals surface area contributed by atoms with Crippen LogP contribution in [0.3, 0.4) is 0 Å². The van der Waals surface area contributed by atoms with Crippen LogP contribution in [-0.4, -0.2) is 24.5 Å². The maximum atomic E-state index is 5.52. The SMILES string of the molecule is CCN(Cc1ccoc1CNC)C1CCCC1. The predicted molar refractivity (Wildman–Crippen MR) is 69.8 cm³/mol. The van der Waals surface area contributed by atoms with Crippen molar-refractivity contribution in [1.82, 2.24) is 10.2 Å². The highest BCUT2D eigenvalue weighted by atomic mass is 16.3. The molecule has 0 unspecified atom stereocenters. The minimum Gasteiger partial charge on any atom is -0.468 e. The van der Waals surface area contributed by atoms with E-state index in [4.69, 9.17) is 4.42 Å². The number of nitrogens with zero attached hydrogens (tertiary/aromatic N) is 1. The normalized spacial score (nSPS) is 17.1. The second-order valence-electron chi connectivity index (χ2n) is 4.90. The van der Waals surface area contributed by atoms with Gasteiger partial charge in [-0.1, -0.05) is 19.8 Å². The van der Waals surface area contributed by atoms with Crippen molar-refractivity contribution in [2.75, 3.05) is 13.6 Å². The summed E-state index contributed by atoms with van der Waals surface area (Å²) < 4.78 is 5.52. The van der Waals surface area contributed by atoms with Crippen LogP contribution in [0.4, 0.5) is 0 Å². The lowest BCUT2D eigenvalue weighted by Gasteiger charge is -2.27. The lowest BCUT2D eigenvalue weighted by Crippen LogP contribution is -2.32. The Morgan fingerprint density at radius 2 is 2.18 bits per heavy atom. The molecule has 1 saturated carbocycles. The molecule has 2 rings (SSSR count). The molecule has 0 bridgehead atoms. The van der Waals surface area contributed by atoms with E-state index in [1.54, 1.807) is 0 Å². The first kappa shape index (κ1) is 12.7. The molecule has 96 valence electrons. The molecule has 0 aliphatic heterocycles. The Labute approximate surface area is 104 Å². The molecule has 1 heterocycles. The summed E-state index contributed by atoms with van der Waals surface area (Å²) in [6, 6.07) is 2.90. The Hall–Kier alpha value is -0.800. The molecular formula is C14H24N2O. The summed E-state index contributed by atoms with van der Waals surface area (Å²) in [6.07, 6.45) is 7.34. The fourth-order valence-electron chi connectivity index (χ4n) is 2.81. The molecule has 1 N–H and O–H groups in total. The van der Waals surface area contributed by atoms with E-state index >= 15 is 0 Å². The molecule has 1 aromatic heterocycles. The molecule has 1 aliphatic rings. The third-order valence-corrected chi connectivity index (χ3v) is 3.80. The van der Waals surface area contributed by atoms with E-state index in [-0.39, 0.29) is 0 Å². The minimum atomic E-state index is 0.789. The van der Waals surface area contributed by atoms with Crippen molar-refractivity contribution in [2.45, 2.75) is 51.7 Å². The van der Waals surface area contributed by atoms with Crippen LogP contribution in [0.1, 0.15) is 43.9 Å². The zero-order valence-corrected chi connectivity index (χ0v) is 11.0. The fourth-order valence-corrected chi connectivity index (χ4v) is 2.81. The maximum absolute atomic E-state index is 5.52. The van der Waals surface area contributed by atoms with E-state index in [2.05, 4.69) is 23.2 Å². The average Bonchev–Trinajstić information content (AvgIpc) is 2.97. The van der Waals surface area contributed by atoms with Crippen LogP contribution < -0.4 is 5.32 Å². The first-order valence-electron chi connectivity index (χ1n) is 6.79. The van der Waals surface area contributed by atoms with Gasteiger partial charge in [0.1, 0.15) is 5.76 Å². The summed E-state index contributed by atoms with van der Waals surface area (Å²) in [4.78, 5) is 2.59. The number of furan rings is 1. The van der Waals surface area contributed by atoms with Gasteiger partial charge in [0.05, 0.1) is 12.8 Å². The van der Waals surface area contributed by atoms with E-state index in [1.807, 2.05) is 13.3 Å². The van der Waals surface area contributed by atoms with Gasteiger partial charge in [0, 0.05) is 18.2 Å². The molecule has 1 aliphatic carbocycles. The molecule has 0 radical (unpaired) electrons. The highest BCUT2D eigenvalue weighted by Crippen LogP contribution is 2.25. The van der Waals surface area contributed by atoms with E-state index < -0.39 is 0 Å². The van der Waals surface area contributed by atoms with Gasteiger partial charge < -0.3 is 9.73 Å². The standard InChI is InChI=1S/C14H24N2O/c1-3-16(13-6-4-5-7-13)11-12-8-9-17-14(12)10-15-2/h8-9,13,15H,3-7,10-11H2,1-2H3. The lowest BCUT2D eigenvalue weighted by molar-refractivity contribution is 0.199. The zero-order chi connectivity index (χ0) is 12.1. The first-order valence-corrected chi connectivity index (χ1v) is 6.79. The number of nitrogens with one attached hydrogen (secondary N) is 1. The maximum Gasteiger partial charge on any atom is 0.122 e. The third kappa shape index (κ3) is 3.11. The number of hydrogen-bond acceptors (Lipinski definition) is 3. The molecule has 0 atom stereocenters. The molecule has 0 amide bonds. The van der Waals surface area contributed by atoms with Crippen molar-refractivity contribution in [3.05, 3.63) is 23.7 Å². The van der Waals surface area contributed by atoms with Crippen LogP contribution in [0.5, 0.6) is 0 Å². The minimum absolute atomic E-state index is 0.789. The summed E-state index contributed by atoms with van der Waals surface area (Å²) >= 11 is 0. The highest BCUT2D eigenvalue weighted by Gasteiger charge is 2.22. The van der Waals surface area contributed by atoms with Crippen molar-refractivity contribution < 1.29 is 4.42 Å². The number of rotatable bonds is 6. The molecule has 0 saturated heterocycles. The zero-order valence-electron chi connectivity index (χ0n) is 11.0. The van der Waals surface area contributed by atoms with Gasteiger partial charge >= 0.3 is 0 Å². The molecule has 1 aromatic rings. The predicted octanol–water partition coefficient (Wildman–Crippen LogP) is 2.76. The topological polar surface area (TPSA) is 28.4 Å². The molecule has 0 aromatic carbocycles.